The highest BCUT2D eigenvalue weighted by Gasteiger charge is 2.09. The minimum absolute atomic E-state index is 0.171. The first-order valence-corrected chi connectivity index (χ1v) is 6.58. The van der Waals surface area contributed by atoms with Crippen LogP contribution in [-0.4, -0.2) is 35.2 Å². The Morgan fingerprint density at radius 3 is 2.60 bits per heavy atom. The van der Waals surface area contributed by atoms with Gasteiger partial charge in [0.1, 0.15) is 0 Å². The number of benzene rings is 1. The molecule has 106 valence electrons. The summed E-state index contributed by atoms with van der Waals surface area (Å²) < 4.78 is 5.27. The van der Waals surface area contributed by atoms with E-state index in [2.05, 4.69) is 27.1 Å². The van der Waals surface area contributed by atoms with Crippen molar-refractivity contribution in [1.29, 1.82) is 0 Å². The van der Waals surface area contributed by atoms with Crippen molar-refractivity contribution in [3.05, 3.63) is 35.9 Å². The van der Waals surface area contributed by atoms with Crippen LogP contribution in [0, 0.1) is 0 Å². The molecule has 0 saturated carbocycles. The van der Waals surface area contributed by atoms with Crippen LogP contribution >= 0.6 is 0 Å². The number of ether oxygens (including phenoxy) is 1. The zero-order valence-electron chi connectivity index (χ0n) is 11.8. The molecule has 0 atom stereocenters. The van der Waals surface area contributed by atoms with Crippen molar-refractivity contribution in [1.82, 2.24) is 15.0 Å². The van der Waals surface area contributed by atoms with Gasteiger partial charge in [-0.1, -0.05) is 30.3 Å². The zero-order chi connectivity index (χ0) is 14.4. The van der Waals surface area contributed by atoms with Crippen LogP contribution in [0.2, 0.25) is 0 Å². The number of aromatic nitrogens is 3. The van der Waals surface area contributed by atoms with Gasteiger partial charge >= 0.3 is 6.01 Å². The van der Waals surface area contributed by atoms with Crippen LogP contribution in [0.15, 0.2) is 30.3 Å². The van der Waals surface area contributed by atoms with Crippen molar-refractivity contribution in [2.45, 2.75) is 13.3 Å². The first-order valence-electron chi connectivity index (χ1n) is 6.58. The zero-order valence-corrected chi connectivity index (χ0v) is 11.8. The largest absolute Gasteiger partial charge is 0.464 e. The Balaban J connectivity index is 2.03. The van der Waals surface area contributed by atoms with Gasteiger partial charge in [0.25, 0.3) is 0 Å². The lowest BCUT2D eigenvalue weighted by Crippen LogP contribution is -2.23. The van der Waals surface area contributed by atoms with Crippen molar-refractivity contribution >= 4 is 11.9 Å². The van der Waals surface area contributed by atoms with E-state index >= 15 is 0 Å². The first kappa shape index (κ1) is 14.0. The molecule has 0 spiro atoms. The Hall–Kier alpha value is -2.37. The molecule has 1 aromatic carbocycles. The number of nitrogen functional groups attached to an aromatic ring is 1. The van der Waals surface area contributed by atoms with Crippen LogP contribution in [0.25, 0.3) is 0 Å². The van der Waals surface area contributed by atoms with Crippen molar-refractivity contribution in [2.75, 3.05) is 30.8 Å². The second-order valence-corrected chi connectivity index (χ2v) is 4.37. The molecule has 0 unspecified atom stereocenters. The molecule has 0 radical (unpaired) electrons. The molecule has 0 aliphatic rings. The molecule has 0 aliphatic heterocycles. The normalized spacial score (nSPS) is 10.3. The number of hydrogen-bond acceptors (Lipinski definition) is 6. The molecule has 1 heterocycles. The van der Waals surface area contributed by atoms with E-state index in [9.17, 15) is 0 Å². The summed E-state index contributed by atoms with van der Waals surface area (Å²) in [4.78, 5) is 14.2. The summed E-state index contributed by atoms with van der Waals surface area (Å²) in [5.74, 6) is 0.696. The Morgan fingerprint density at radius 1 is 1.15 bits per heavy atom. The molecule has 6 heteroatoms. The molecule has 0 saturated heterocycles. The molecule has 2 rings (SSSR count). The van der Waals surface area contributed by atoms with Gasteiger partial charge in [0.2, 0.25) is 11.9 Å². The average molecular weight is 273 g/mol. The van der Waals surface area contributed by atoms with E-state index in [1.165, 1.54) is 5.56 Å². The fraction of sp³-hybridized carbons (Fsp3) is 0.357. The third kappa shape index (κ3) is 3.81. The Bertz CT molecular complexity index is 547. The van der Waals surface area contributed by atoms with Crippen LogP contribution < -0.4 is 15.4 Å². The second kappa shape index (κ2) is 6.70. The van der Waals surface area contributed by atoms with Gasteiger partial charge in [-0.15, -0.1) is 0 Å². The summed E-state index contributed by atoms with van der Waals surface area (Å²) in [7, 11) is 1.92. The molecule has 0 amide bonds. The fourth-order valence-corrected chi connectivity index (χ4v) is 1.77. The maximum atomic E-state index is 5.67. The lowest BCUT2D eigenvalue weighted by Gasteiger charge is -2.17. The van der Waals surface area contributed by atoms with Crippen molar-refractivity contribution in [3.8, 4) is 6.01 Å². The van der Waals surface area contributed by atoms with Gasteiger partial charge < -0.3 is 15.4 Å². The monoisotopic (exact) mass is 273 g/mol. The molecular formula is C14H19N5O. The molecule has 1 aromatic heterocycles. The van der Waals surface area contributed by atoms with E-state index in [0.717, 1.165) is 13.0 Å². The molecule has 2 aromatic rings. The summed E-state index contributed by atoms with van der Waals surface area (Å²) in [6.07, 6.45) is 0.910. The van der Waals surface area contributed by atoms with Crippen LogP contribution in [0.1, 0.15) is 12.5 Å². The highest BCUT2D eigenvalue weighted by Crippen LogP contribution is 2.12. The summed E-state index contributed by atoms with van der Waals surface area (Å²) >= 11 is 0. The average Bonchev–Trinajstić information content (AvgIpc) is 2.45. The van der Waals surface area contributed by atoms with Gasteiger partial charge in [-0.25, -0.2) is 0 Å². The third-order valence-electron chi connectivity index (χ3n) is 2.81. The van der Waals surface area contributed by atoms with Gasteiger partial charge in [-0.3, -0.25) is 0 Å². The number of rotatable bonds is 6. The molecule has 2 N–H and O–H groups in total. The molecule has 0 bridgehead atoms. The second-order valence-electron chi connectivity index (χ2n) is 4.37. The van der Waals surface area contributed by atoms with Crippen LogP contribution in [0.3, 0.4) is 0 Å². The summed E-state index contributed by atoms with van der Waals surface area (Å²) in [5.41, 5.74) is 6.94. The predicted molar refractivity (Wildman–Crippen MR) is 78.8 cm³/mol. The van der Waals surface area contributed by atoms with E-state index < -0.39 is 0 Å². The molecule has 6 nitrogen and oxygen atoms in total. The fourth-order valence-electron chi connectivity index (χ4n) is 1.77. The molecule has 0 fully saturated rings. The Labute approximate surface area is 118 Å². The number of nitrogens with two attached hydrogens (primary N) is 1. The lowest BCUT2D eigenvalue weighted by molar-refractivity contribution is 0.312. The quantitative estimate of drug-likeness (QED) is 0.860. The van der Waals surface area contributed by atoms with E-state index in [1.54, 1.807) is 0 Å². The maximum absolute atomic E-state index is 5.67. The smallest absolute Gasteiger partial charge is 0.323 e. The van der Waals surface area contributed by atoms with Crippen molar-refractivity contribution in [2.24, 2.45) is 0 Å². The summed E-state index contributed by atoms with van der Waals surface area (Å²) in [6.45, 7) is 3.16. The maximum Gasteiger partial charge on any atom is 0.323 e. The van der Waals surface area contributed by atoms with Crippen LogP contribution in [-0.2, 0) is 6.42 Å². The van der Waals surface area contributed by atoms with E-state index in [-0.39, 0.29) is 12.0 Å². The Kier molecular flexibility index (Phi) is 4.70. The SMILES string of the molecule is CCOc1nc(N)nc(N(C)CCc2ccccc2)n1. The van der Waals surface area contributed by atoms with E-state index in [1.807, 2.05) is 37.1 Å². The van der Waals surface area contributed by atoms with Gasteiger partial charge in [0, 0.05) is 13.6 Å². The topological polar surface area (TPSA) is 77.2 Å². The molecule has 0 aliphatic carbocycles. The van der Waals surface area contributed by atoms with Gasteiger partial charge in [0.05, 0.1) is 6.61 Å². The third-order valence-corrected chi connectivity index (χ3v) is 2.81. The standard InChI is InChI=1S/C14H19N5O/c1-3-20-14-17-12(15)16-13(18-14)19(2)10-9-11-7-5-4-6-8-11/h4-8H,3,9-10H2,1-2H3,(H2,15,16,17,18). The lowest BCUT2D eigenvalue weighted by atomic mass is 10.1. The number of nitrogens with zero attached hydrogens (tertiary/aromatic N) is 4. The van der Waals surface area contributed by atoms with E-state index in [0.29, 0.717) is 12.6 Å². The number of likely N-dealkylation sites (N-methyl/N-ethyl adjacent to an activating group) is 1. The van der Waals surface area contributed by atoms with E-state index in [4.69, 9.17) is 10.5 Å². The number of anilines is 2. The Morgan fingerprint density at radius 2 is 1.90 bits per heavy atom. The van der Waals surface area contributed by atoms with Crippen molar-refractivity contribution < 1.29 is 4.74 Å². The summed E-state index contributed by atoms with van der Waals surface area (Å²) in [5, 5.41) is 0. The highest BCUT2D eigenvalue weighted by atomic mass is 16.5. The summed E-state index contributed by atoms with van der Waals surface area (Å²) in [6, 6.07) is 10.5. The van der Waals surface area contributed by atoms with Crippen molar-refractivity contribution in [3.63, 3.8) is 0 Å². The molecule has 20 heavy (non-hydrogen) atoms. The van der Waals surface area contributed by atoms with Crippen LogP contribution in [0.4, 0.5) is 11.9 Å². The first-order chi connectivity index (χ1) is 9.69. The minimum Gasteiger partial charge on any atom is -0.464 e. The highest BCUT2D eigenvalue weighted by molar-refractivity contribution is 5.35. The van der Waals surface area contributed by atoms with Gasteiger partial charge in [-0.05, 0) is 18.9 Å². The predicted octanol–water partition coefficient (Wildman–Crippen LogP) is 1.53. The number of hydrogen-bond donors (Lipinski definition) is 1. The van der Waals surface area contributed by atoms with Crippen LogP contribution in [0.5, 0.6) is 6.01 Å². The molecular weight excluding hydrogens is 254 g/mol. The minimum atomic E-state index is 0.171. The van der Waals surface area contributed by atoms with Gasteiger partial charge in [0.15, 0.2) is 0 Å². The van der Waals surface area contributed by atoms with Gasteiger partial charge in [-0.2, -0.15) is 15.0 Å².